The van der Waals surface area contributed by atoms with E-state index in [1.54, 1.807) is 12.1 Å². The first-order chi connectivity index (χ1) is 13.8. The molecule has 148 valence electrons. The molecular formula is C20H13ClF3N3O2. The first-order valence-electron chi connectivity index (χ1n) is 8.32. The van der Waals surface area contributed by atoms with Crippen molar-refractivity contribution in [1.29, 1.82) is 5.26 Å². The molecule has 0 aliphatic rings. The van der Waals surface area contributed by atoms with Crippen LogP contribution in [0.1, 0.15) is 11.1 Å². The molecule has 0 radical (unpaired) electrons. The van der Waals surface area contributed by atoms with Crippen LogP contribution in [-0.2, 0) is 19.3 Å². The maximum atomic E-state index is 13.2. The summed E-state index contributed by atoms with van der Waals surface area (Å²) in [7, 11) is 0. The van der Waals surface area contributed by atoms with Crippen LogP contribution >= 0.6 is 11.6 Å². The zero-order valence-electron chi connectivity index (χ0n) is 14.8. The molecular weight excluding hydrogens is 407 g/mol. The Morgan fingerprint density at radius 3 is 2.52 bits per heavy atom. The number of nitriles is 1. The second-order valence-electron chi connectivity index (χ2n) is 5.96. The number of hydrogen-bond donors (Lipinski definition) is 0. The molecule has 0 unspecified atom stereocenters. The minimum absolute atomic E-state index is 0.0912. The molecule has 0 aliphatic heterocycles. The lowest BCUT2D eigenvalue weighted by atomic mass is 10.1. The SMILES string of the molecule is N#CCn1cc(OCc2ccccc2)c(=O)nc1-c1cccc(C(F)(F)F)c1Cl. The maximum Gasteiger partial charge on any atom is 0.417 e. The van der Waals surface area contributed by atoms with Crippen LogP contribution in [0.4, 0.5) is 13.2 Å². The van der Waals surface area contributed by atoms with Gasteiger partial charge in [-0.3, -0.25) is 4.79 Å². The second kappa shape index (κ2) is 8.37. The van der Waals surface area contributed by atoms with E-state index in [0.717, 1.165) is 17.7 Å². The fourth-order valence-electron chi connectivity index (χ4n) is 2.64. The van der Waals surface area contributed by atoms with Crippen molar-refractivity contribution in [3.05, 3.63) is 81.2 Å². The molecule has 0 atom stereocenters. The highest BCUT2D eigenvalue weighted by atomic mass is 35.5. The van der Waals surface area contributed by atoms with Crippen molar-refractivity contribution in [2.75, 3.05) is 0 Å². The summed E-state index contributed by atoms with van der Waals surface area (Å²) in [6.45, 7) is -0.176. The third-order valence-electron chi connectivity index (χ3n) is 3.99. The Labute approximate surface area is 168 Å². The predicted molar refractivity (Wildman–Crippen MR) is 100 cm³/mol. The number of alkyl halides is 3. The topological polar surface area (TPSA) is 67.9 Å². The van der Waals surface area contributed by atoms with Crippen LogP contribution in [0.15, 0.2) is 59.5 Å². The lowest BCUT2D eigenvalue weighted by molar-refractivity contribution is -0.137. The Morgan fingerprint density at radius 1 is 1.14 bits per heavy atom. The summed E-state index contributed by atoms with van der Waals surface area (Å²) in [5.74, 6) is -0.282. The van der Waals surface area contributed by atoms with Crippen LogP contribution < -0.4 is 10.3 Å². The number of aromatic nitrogens is 2. The van der Waals surface area contributed by atoms with Crippen molar-refractivity contribution in [1.82, 2.24) is 9.55 Å². The van der Waals surface area contributed by atoms with E-state index in [9.17, 15) is 18.0 Å². The molecule has 0 saturated carbocycles. The van der Waals surface area contributed by atoms with Gasteiger partial charge in [0.1, 0.15) is 19.0 Å². The predicted octanol–water partition coefficient (Wildman–Crippen LogP) is 4.69. The summed E-state index contributed by atoms with van der Waals surface area (Å²) < 4.78 is 46.2. The van der Waals surface area contributed by atoms with Crippen LogP contribution in [0.25, 0.3) is 11.4 Å². The smallest absolute Gasteiger partial charge is 0.417 e. The van der Waals surface area contributed by atoms with Crippen molar-refractivity contribution in [2.45, 2.75) is 19.3 Å². The highest BCUT2D eigenvalue weighted by Crippen LogP contribution is 2.39. The van der Waals surface area contributed by atoms with Crippen molar-refractivity contribution < 1.29 is 17.9 Å². The van der Waals surface area contributed by atoms with E-state index in [1.807, 2.05) is 24.3 Å². The molecule has 0 fully saturated rings. The van der Waals surface area contributed by atoms with Crippen molar-refractivity contribution in [3.63, 3.8) is 0 Å². The fraction of sp³-hybridized carbons (Fsp3) is 0.150. The van der Waals surface area contributed by atoms with Crippen molar-refractivity contribution >= 4 is 11.6 Å². The zero-order valence-corrected chi connectivity index (χ0v) is 15.5. The van der Waals surface area contributed by atoms with Crippen LogP contribution in [0.2, 0.25) is 5.02 Å². The average molecular weight is 420 g/mol. The molecule has 0 spiro atoms. The Hall–Kier alpha value is -3.31. The number of benzene rings is 2. The van der Waals surface area contributed by atoms with Gasteiger partial charge in [0.05, 0.1) is 22.9 Å². The molecule has 0 aliphatic carbocycles. The molecule has 1 heterocycles. The van der Waals surface area contributed by atoms with E-state index in [2.05, 4.69) is 4.98 Å². The summed E-state index contributed by atoms with van der Waals surface area (Å²) in [5, 5.41) is 8.48. The molecule has 3 rings (SSSR count). The highest BCUT2D eigenvalue weighted by molar-refractivity contribution is 6.34. The van der Waals surface area contributed by atoms with Crippen LogP contribution in [-0.4, -0.2) is 9.55 Å². The highest BCUT2D eigenvalue weighted by Gasteiger charge is 2.34. The molecule has 5 nitrogen and oxygen atoms in total. The van der Waals surface area contributed by atoms with Gasteiger partial charge in [0.15, 0.2) is 0 Å². The third-order valence-corrected chi connectivity index (χ3v) is 4.39. The van der Waals surface area contributed by atoms with Gasteiger partial charge in [-0.25, -0.2) is 0 Å². The molecule has 1 aromatic heterocycles. The normalized spacial score (nSPS) is 11.1. The van der Waals surface area contributed by atoms with Crippen molar-refractivity contribution in [3.8, 4) is 23.2 Å². The lowest BCUT2D eigenvalue weighted by Gasteiger charge is -2.15. The number of nitrogens with zero attached hydrogens (tertiary/aromatic N) is 3. The van der Waals surface area contributed by atoms with Crippen LogP contribution in [0, 0.1) is 11.3 Å². The van der Waals surface area contributed by atoms with E-state index in [1.165, 1.54) is 16.8 Å². The van der Waals surface area contributed by atoms with Crippen LogP contribution in [0.5, 0.6) is 5.75 Å². The maximum absolute atomic E-state index is 13.2. The molecule has 2 aromatic carbocycles. The van der Waals surface area contributed by atoms with Gasteiger partial charge in [0.2, 0.25) is 5.75 Å². The second-order valence-corrected chi connectivity index (χ2v) is 6.34. The van der Waals surface area contributed by atoms with E-state index in [4.69, 9.17) is 21.6 Å². The standard InChI is InChI=1S/C20H13ClF3N3O2/c21-17-14(7-4-8-15(17)20(22,23)24)18-26-19(28)16(11-27(18)10-9-25)29-12-13-5-2-1-3-6-13/h1-8,11H,10,12H2. The quantitative estimate of drug-likeness (QED) is 0.602. The minimum atomic E-state index is -4.67. The average Bonchev–Trinajstić information content (AvgIpc) is 2.68. The van der Waals surface area contributed by atoms with E-state index in [-0.39, 0.29) is 30.3 Å². The van der Waals surface area contributed by atoms with Gasteiger partial charge in [0, 0.05) is 5.56 Å². The summed E-state index contributed by atoms with van der Waals surface area (Å²) in [5.41, 5.74) is -1.13. The molecule has 29 heavy (non-hydrogen) atoms. The first-order valence-corrected chi connectivity index (χ1v) is 8.70. The summed E-state index contributed by atoms with van der Waals surface area (Å²) in [6.07, 6.45) is -3.43. The number of halogens is 4. The largest absolute Gasteiger partial charge is 0.482 e. The Balaban J connectivity index is 2.04. The minimum Gasteiger partial charge on any atom is -0.482 e. The van der Waals surface area contributed by atoms with Crippen LogP contribution in [0.3, 0.4) is 0 Å². The monoisotopic (exact) mass is 419 g/mol. The molecule has 0 saturated heterocycles. The molecule has 0 bridgehead atoms. The van der Waals surface area contributed by atoms with Gasteiger partial charge in [-0.15, -0.1) is 0 Å². The van der Waals surface area contributed by atoms with Gasteiger partial charge in [0.25, 0.3) is 0 Å². The molecule has 0 N–H and O–H groups in total. The summed E-state index contributed by atoms with van der Waals surface area (Å²) in [4.78, 5) is 16.2. The molecule has 3 aromatic rings. The lowest BCUT2D eigenvalue weighted by Crippen LogP contribution is -2.18. The van der Waals surface area contributed by atoms with Gasteiger partial charge in [-0.2, -0.15) is 23.4 Å². The number of rotatable bonds is 5. The number of hydrogen-bond acceptors (Lipinski definition) is 4. The van der Waals surface area contributed by atoms with E-state index >= 15 is 0 Å². The van der Waals surface area contributed by atoms with Gasteiger partial charge >= 0.3 is 11.7 Å². The summed E-state index contributed by atoms with van der Waals surface area (Å²) >= 11 is 5.94. The van der Waals surface area contributed by atoms with Gasteiger partial charge in [-0.1, -0.05) is 48.0 Å². The van der Waals surface area contributed by atoms with Gasteiger partial charge < -0.3 is 9.30 Å². The number of ether oxygens (including phenoxy) is 1. The Morgan fingerprint density at radius 2 is 1.86 bits per heavy atom. The van der Waals surface area contributed by atoms with Crippen molar-refractivity contribution in [2.24, 2.45) is 0 Å². The molecule has 9 heteroatoms. The zero-order chi connectivity index (χ0) is 21.0. The fourth-order valence-corrected chi connectivity index (χ4v) is 2.96. The third kappa shape index (κ3) is 4.58. The first kappa shape index (κ1) is 20.4. The van der Waals surface area contributed by atoms with E-state index in [0.29, 0.717) is 0 Å². The van der Waals surface area contributed by atoms with E-state index < -0.39 is 22.3 Å². The Kier molecular flexibility index (Phi) is 5.89. The Bertz CT molecular complexity index is 1120. The van der Waals surface area contributed by atoms with Gasteiger partial charge in [-0.05, 0) is 17.7 Å². The summed E-state index contributed by atoms with van der Waals surface area (Å²) in [6, 6.07) is 14.2. The molecule has 0 amide bonds.